The van der Waals surface area contributed by atoms with Crippen LogP contribution in [0, 0.1) is 24.6 Å². The molecule has 6 heteroatoms. The SMILES string of the molecule is Cc1cc(F)ccc1-n1cc(C(=O)NC2CCCC(C(C)C)CC2)nn1. The van der Waals surface area contributed by atoms with E-state index in [1.165, 1.54) is 23.2 Å². The lowest BCUT2D eigenvalue weighted by Crippen LogP contribution is -2.34. The third-order valence-electron chi connectivity index (χ3n) is 5.42. The second-order valence-corrected chi connectivity index (χ2v) is 7.66. The van der Waals surface area contributed by atoms with Crippen LogP contribution in [0.5, 0.6) is 0 Å². The molecule has 1 amide bonds. The van der Waals surface area contributed by atoms with Crippen molar-refractivity contribution in [2.45, 2.75) is 58.9 Å². The molecule has 1 aromatic carbocycles. The first-order valence-electron chi connectivity index (χ1n) is 9.43. The van der Waals surface area contributed by atoms with Gasteiger partial charge in [-0.3, -0.25) is 4.79 Å². The number of carbonyl (C=O) groups excluding carboxylic acids is 1. The molecule has 5 nitrogen and oxygen atoms in total. The fourth-order valence-electron chi connectivity index (χ4n) is 3.76. The first-order valence-corrected chi connectivity index (χ1v) is 9.43. The summed E-state index contributed by atoms with van der Waals surface area (Å²) in [5, 5.41) is 11.1. The molecule has 0 bridgehead atoms. The number of rotatable bonds is 4. The highest BCUT2D eigenvalue weighted by atomic mass is 19.1. The van der Waals surface area contributed by atoms with Gasteiger partial charge in [-0.05, 0) is 61.8 Å². The van der Waals surface area contributed by atoms with Gasteiger partial charge in [-0.15, -0.1) is 5.10 Å². The van der Waals surface area contributed by atoms with E-state index in [1.54, 1.807) is 19.2 Å². The molecule has 1 aliphatic carbocycles. The van der Waals surface area contributed by atoms with Crippen molar-refractivity contribution < 1.29 is 9.18 Å². The Morgan fingerprint density at radius 2 is 2.08 bits per heavy atom. The molecule has 2 atom stereocenters. The summed E-state index contributed by atoms with van der Waals surface area (Å²) in [5.74, 6) is 0.962. The first-order chi connectivity index (χ1) is 12.4. The van der Waals surface area contributed by atoms with Crippen molar-refractivity contribution in [2.75, 3.05) is 0 Å². The Kier molecular flexibility index (Phi) is 5.69. The zero-order valence-electron chi connectivity index (χ0n) is 15.7. The molecular weight excluding hydrogens is 331 g/mol. The Morgan fingerprint density at radius 3 is 2.81 bits per heavy atom. The lowest BCUT2D eigenvalue weighted by atomic mass is 9.89. The average Bonchev–Trinajstić information content (AvgIpc) is 2.95. The minimum atomic E-state index is -0.294. The molecule has 2 unspecified atom stereocenters. The number of hydrogen-bond acceptors (Lipinski definition) is 3. The molecule has 1 N–H and O–H groups in total. The van der Waals surface area contributed by atoms with E-state index < -0.39 is 0 Å². The van der Waals surface area contributed by atoms with Crippen LogP contribution in [0.3, 0.4) is 0 Å². The summed E-state index contributed by atoms with van der Waals surface area (Å²) in [7, 11) is 0. The minimum Gasteiger partial charge on any atom is -0.348 e. The normalized spacial score (nSPS) is 20.8. The van der Waals surface area contributed by atoms with Gasteiger partial charge >= 0.3 is 0 Å². The maximum Gasteiger partial charge on any atom is 0.273 e. The Bertz CT molecular complexity index is 771. The molecule has 0 saturated heterocycles. The number of halogens is 1. The summed E-state index contributed by atoms with van der Waals surface area (Å²) in [5.41, 5.74) is 1.75. The summed E-state index contributed by atoms with van der Waals surface area (Å²) in [6.07, 6.45) is 7.17. The third-order valence-corrected chi connectivity index (χ3v) is 5.42. The van der Waals surface area contributed by atoms with E-state index in [1.807, 2.05) is 0 Å². The van der Waals surface area contributed by atoms with Crippen molar-refractivity contribution in [3.05, 3.63) is 41.5 Å². The molecular formula is C20H27FN4O. The van der Waals surface area contributed by atoms with Crippen molar-refractivity contribution >= 4 is 5.91 Å². The van der Waals surface area contributed by atoms with Crippen molar-refractivity contribution in [3.8, 4) is 5.69 Å². The lowest BCUT2D eigenvalue weighted by Gasteiger charge is -2.18. The predicted octanol–water partition coefficient (Wildman–Crippen LogP) is 4.05. The largest absolute Gasteiger partial charge is 0.348 e. The second-order valence-electron chi connectivity index (χ2n) is 7.66. The van der Waals surface area contributed by atoms with E-state index in [9.17, 15) is 9.18 Å². The molecule has 1 saturated carbocycles. The topological polar surface area (TPSA) is 59.8 Å². The van der Waals surface area contributed by atoms with Crippen LogP contribution in [0.1, 0.15) is 62.0 Å². The number of aromatic nitrogens is 3. The summed E-state index contributed by atoms with van der Waals surface area (Å²) in [6, 6.07) is 4.65. The molecule has 1 aliphatic rings. The average molecular weight is 358 g/mol. The van der Waals surface area contributed by atoms with Crippen LogP contribution in [0.2, 0.25) is 0 Å². The molecule has 1 heterocycles. The van der Waals surface area contributed by atoms with E-state index in [0.29, 0.717) is 17.3 Å². The molecule has 3 rings (SSSR count). The molecule has 2 aromatic rings. The number of nitrogens with zero attached hydrogens (tertiary/aromatic N) is 3. The summed E-state index contributed by atoms with van der Waals surface area (Å²) in [6.45, 7) is 6.36. The lowest BCUT2D eigenvalue weighted by molar-refractivity contribution is 0.0928. The number of amides is 1. The van der Waals surface area contributed by atoms with Crippen LogP contribution in [-0.2, 0) is 0 Å². The molecule has 1 fully saturated rings. The van der Waals surface area contributed by atoms with Crippen molar-refractivity contribution in [1.29, 1.82) is 0 Å². The molecule has 0 radical (unpaired) electrons. The molecule has 1 aromatic heterocycles. The second kappa shape index (κ2) is 7.98. The number of nitrogens with one attached hydrogen (secondary N) is 1. The van der Waals surface area contributed by atoms with E-state index in [0.717, 1.165) is 37.2 Å². The standard InChI is InChI=1S/C20H27FN4O/c1-13(2)15-5-4-6-17(9-7-15)22-20(26)18-12-25(24-23-18)19-10-8-16(21)11-14(19)3/h8,10-13,15,17H,4-7,9H2,1-3H3,(H,22,26). The smallest absolute Gasteiger partial charge is 0.273 e. The van der Waals surface area contributed by atoms with E-state index in [-0.39, 0.29) is 17.8 Å². The van der Waals surface area contributed by atoms with Gasteiger partial charge in [-0.2, -0.15) is 0 Å². The molecule has 26 heavy (non-hydrogen) atoms. The number of benzene rings is 1. The number of hydrogen-bond donors (Lipinski definition) is 1. The molecule has 0 spiro atoms. The van der Waals surface area contributed by atoms with Crippen LogP contribution in [0.15, 0.2) is 24.4 Å². The van der Waals surface area contributed by atoms with Gasteiger partial charge in [-0.25, -0.2) is 9.07 Å². The highest BCUT2D eigenvalue weighted by molar-refractivity contribution is 5.92. The Morgan fingerprint density at radius 1 is 1.27 bits per heavy atom. The molecule has 140 valence electrons. The first kappa shape index (κ1) is 18.5. The van der Waals surface area contributed by atoms with Gasteiger partial charge in [0.05, 0.1) is 11.9 Å². The maximum absolute atomic E-state index is 13.3. The highest BCUT2D eigenvalue weighted by Gasteiger charge is 2.23. The van der Waals surface area contributed by atoms with Gasteiger partial charge in [0.25, 0.3) is 5.91 Å². The van der Waals surface area contributed by atoms with Crippen LogP contribution in [0.4, 0.5) is 4.39 Å². The zero-order chi connectivity index (χ0) is 18.7. The monoisotopic (exact) mass is 358 g/mol. The van der Waals surface area contributed by atoms with Crippen LogP contribution in [-0.4, -0.2) is 26.9 Å². The van der Waals surface area contributed by atoms with Crippen LogP contribution >= 0.6 is 0 Å². The summed E-state index contributed by atoms with van der Waals surface area (Å²) in [4.78, 5) is 12.5. The van der Waals surface area contributed by atoms with Crippen LogP contribution < -0.4 is 5.32 Å². The fourth-order valence-corrected chi connectivity index (χ4v) is 3.76. The van der Waals surface area contributed by atoms with Gasteiger partial charge in [0.15, 0.2) is 5.69 Å². The van der Waals surface area contributed by atoms with Gasteiger partial charge in [0, 0.05) is 6.04 Å². The molecule has 0 aliphatic heterocycles. The predicted molar refractivity (Wildman–Crippen MR) is 98.7 cm³/mol. The summed E-state index contributed by atoms with van der Waals surface area (Å²) >= 11 is 0. The van der Waals surface area contributed by atoms with Gasteiger partial charge < -0.3 is 5.32 Å². The summed E-state index contributed by atoms with van der Waals surface area (Å²) < 4.78 is 14.8. The highest BCUT2D eigenvalue weighted by Crippen LogP contribution is 2.28. The number of aryl methyl sites for hydroxylation is 1. The van der Waals surface area contributed by atoms with Crippen molar-refractivity contribution in [2.24, 2.45) is 11.8 Å². The van der Waals surface area contributed by atoms with E-state index in [2.05, 4.69) is 29.5 Å². The minimum absolute atomic E-state index is 0.191. The zero-order valence-corrected chi connectivity index (χ0v) is 15.7. The van der Waals surface area contributed by atoms with Crippen molar-refractivity contribution in [1.82, 2.24) is 20.3 Å². The third kappa shape index (κ3) is 4.29. The maximum atomic E-state index is 13.3. The van der Waals surface area contributed by atoms with Crippen molar-refractivity contribution in [3.63, 3.8) is 0 Å². The number of carbonyl (C=O) groups is 1. The Balaban J connectivity index is 1.65. The Hall–Kier alpha value is -2.24. The van der Waals surface area contributed by atoms with Gasteiger partial charge in [0.1, 0.15) is 5.82 Å². The van der Waals surface area contributed by atoms with Gasteiger partial charge in [0.2, 0.25) is 0 Å². The van der Waals surface area contributed by atoms with Crippen LogP contribution in [0.25, 0.3) is 5.69 Å². The van der Waals surface area contributed by atoms with Gasteiger partial charge in [-0.1, -0.05) is 31.9 Å². The quantitative estimate of drug-likeness (QED) is 0.839. The van der Waals surface area contributed by atoms with E-state index in [4.69, 9.17) is 0 Å². The fraction of sp³-hybridized carbons (Fsp3) is 0.550. The van der Waals surface area contributed by atoms with E-state index >= 15 is 0 Å². The Labute approximate surface area is 154 Å².